The third-order valence-corrected chi connectivity index (χ3v) is 2.97. The van der Waals surface area contributed by atoms with Crippen LogP contribution in [0.4, 0.5) is 0 Å². The van der Waals surface area contributed by atoms with Gasteiger partial charge in [-0.1, -0.05) is 12.2 Å². The van der Waals surface area contributed by atoms with Gasteiger partial charge in [-0.05, 0) is 6.42 Å². The Morgan fingerprint density at radius 1 is 1.41 bits per heavy atom. The average Bonchev–Trinajstić information content (AvgIpc) is 2.79. The standard InChI is InChI=1S/C11H16N2O4/c14-10(9-6-17-4-3-12-9)13-8-2-1-7(5-8)11(15)16/h1-2,7-9,12H,3-6H2,(H,13,14)(H,15,16). The molecule has 6 nitrogen and oxygen atoms in total. The van der Waals surface area contributed by atoms with E-state index in [1.807, 2.05) is 0 Å². The molecule has 0 radical (unpaired) electrons. The number of morpholine rings is 1. The van der Waals surface area contributed by atoms with Gasteiger partial charge in [-0.15, -0.1) is 0 Å². The Morgan fingerprint density at radius 3 is 2.82 bits per heavy atom. The quantitative estimate of drug-likeness (QED) is 0.558. The second-order valence-corrected chi connectivity index (χ2v) is 4.26. The van der Waals surface area contributed by atoms with E-state index in [1.165, 1.54) is 0 Å². The number of hydrogen-bond donors (Lipinski definition) is 3. The highest BCUT2D eigenvalue weighted by molar-refractivity contribution is 5.83. The maximum atomic E-state index is 11.8. The van der Waals surface area contributed by atoms with Gasteiger partial charge in [0.25, 0.3) is 0 Å². The maximum absolute atomic E-state index is 11.8. The van der Waals surface area contributed by atoms with Gasteiger partial charge in [-0.3, -0.25) is 9.59 Å². The molecule has 2 aliphatic rings. The van der Waals surface area contributed by atoms with Crippen LogP contribution in [0.2, 0.25) is 0 Å². The molecule has 3 N–H and O–H groups in total. The largest absolute Gasteiger partial charge is 0.481 e. The fraction of sp³-hybridized carbons (Fsp3) is 0.636. The molecule has 1 fully saturated rings. The van der Waals surface area contributed by atoms with E-state index in [9.17, 15) is 9.59 Å². The van der Waals surface area contributed by atoms with Gasteiger partial charge in [-0.25, -0.2) is 0 Å². The number of carbonyl (C=O) groups is 2. The normalized spacial score (nSPS) is 32.4. The molecule has 0 aromatic heterocycles. The monoisotopic (exact) mass is 240 g/mol. The summed E-state index contributed by atoms with van der Waals surface area (Å²) in [5, 5.41) is 14.7. The van der Waals surface area contributed by atoms with Crippen LogP contribution in [-0.4, -0.2) is 48.8 Å². The summed E-state index contributed by atoms with van der Waals surface area (Å²) in [6.45, 7) is 1.65. The molecule has 3 atom stereocenters. The number of ether oxygens (including phenoxy) is 1. The van der Waals surface area contributed by atoms with E-state index in [-0.39, 0.29) is 18.0 Å². The Kier molecular flexibility index (Phi) is 3.75. The van der Waals surface area contributed by atoms with Gasteiger partial charge in [0.1, 0.15) is 6.04 Å². The molecule has 1 aliphatic heterocycles. The number of aliphatic carboxylic acids is 1. The lowest BCUT2D eigenvalue weighted by Crippen LogP contribution is -2.52. The molecule has 94 valence electrons. The summed E-state index contributed by atoms with van der Waals surface area (Å²) >= 11 is 0. The predicted octanol–water partition coefficient (Wildman–Crippen LogP) is -0.880. The summed E-state index contributed by atoms with van der Waals surface area (Å²) in [4.78, 5) is 22.5. The van der Waals surface area contributed by atoms with Crippen LogP contribution in [0.3, 0.4) is 0 Å². The zero-order valence-electron chi connectivity index (χ0n) is 9.39. The number of carbonyl (C=O) groups excluding carboxylic acids is 1. The Labute approximate surface area is 99.0 Å². The van der Waals surface area contributed by atoms with Crippen molar-refractivity contribution in [1.82, 2.24) is 10.6 Å². The molecule has 0 aromatic carbocycles. The van der Waals surface area contributed by atoms with E-state index in [2.05, 4.69) is 10.6 Å². The lowest BCUT2D eigenvalue weighted by atomic mass is 10.1. The molecule has 6 heteroatoms. The summed E-state index contributed by atoms with van der Waals surface area (Å²) in [7, 11) is 0. The van der Waals surface area contributed by atoms with E-state index in [0.717, 1.165) is 0 Å². The second kappa shape index (κ2) is 5.29. The van der Waals surface area contributed by atoms with Crippen molar-refractivity contribution in [3.8, 4) is 0 Å². The van der Waals surface area contributed by atoms with Crippen molar-refractivity contribution in [2.75, 3.05) is 19.8 Å². The fourth-order valence-corrected chi connectivity index (χ4v) is 2.01. The number of nitrogens with one attached hydrogen (secondary N) is 2. The lowest BCUT2D eigenvalue weighted by Gasteiger charge is -2.24. The van der Waals surface area contributed by atoms with E-state index in [0.29, 0.717) is 26.2 Å². The highest BCUT2D eigenvalue weighted by Crippen LogP contribution is 2.17. The van der Waals surface area contributed by atoms with Gasteiger partial charge >= 0.3 is 5.97 Å². The molecule has 0 bridgehead atoms. The molecule has 1 aliphatic carbocycles. The SMILES string of the molecule is O=C(O)C1C=CC(NC(=O)C2COCCN2)C1. The molecule has 0 aromatic rings. The molecule has 1 amide bonds. The van der Waals surface area contributed by atoms with Crippen LogP contribution in [0, 0.1) is 5.92 Å². The highest BCUT2D eigenvalue weighted by Gasteiger charge is 2.28. The zero-order chi connectivity index (χ0) is 12.3. The maximum Gasteiger partial charge on any atom is 0.310 e. The number of amides is 1. The highest BCUT2D eigenvalue weighted by atomic mass is 16.5. The summed E-state index contributed by atoms with van der Waals surface area (Å²) < 4.78 is 5.19. The Balaban J connectivity index is 1.80. The molecule has 17 heavy (non-hydrogen) atoms. The Hall–Kier alpha value is -1.40. The minimum absolute atomic E-state index is 0.134. The first-order valence-corrected chi connectivity index (χ1v) is 5.69. The topological polar surface area (TPSA) is 87.7 Å². The number of carboxylic acid groups (broad SMARTS) is 1. The van der Waals surface area contributed by atoms with Gasteiger partial charge in [-0.2, -0.15) is 0 Å². The van der Waals surface area contributed by atoms with Crippen molar-refractivity contribution in [2.45, 2.75) is 18.5 Å². The van der Waals surface area contributed by atoms with Crippen molar-refractivity contribution < 1.29 is 19.4 Å². The number of rotatable bonds is 3. The van der Waals surface area contributed by atoms with Gasteiger partial charge < -0.3 is 20.5 Å². The van der Waals surface area contributed by atoms with Crippen LogP contribution in [0.15, 0.2) is 12.2 Å². The van der Waals surface area contributed by atoms with Crippen molar-refractivity contribution >= 4 is 11.9 Å². The zero-order valence-corrected chi connectivity index (χ0v) is 9.39. The lowest BCUT2D eigenvalue weighted by molar-refractivity contribution is -0.140. The van der Waals surface area contributed by atoms with Crippen molar-refractivity contribution in [3.05, 3.63) is 12.2 Å². The Bertz CT molecular complexity index is 336. The number of hydrogen-bond acceptors (Lipinski definition) is 4. The average molecular weight is 240 g/mol. The van der Waals surface area contributed by atoms with Crippen LogP contribution in [0.5, 0.6) is 0 Å². The first-order chi connectivity index (χ1) is 8.16. The van der Waals surface area contributed by atoms with Gasteiger partial charge in [0.2, 0.25) is 5.91 Å². The second-order valence-electron chi connectivity index (χ2n) is 4.26. The summed E-state index contributed by atoms with van der Waals surface area (Å²) in [6.07, 6.45) is 3.78. The van der Waals surface area contributed by atoms with Gasteiger partial charge in [0, 0.05) is 12.6 Å². The summed E-state index contributed by atoms with van der Waals surface area (Å²) in [5.74, 6) is -1.47. The first-order valence-electron chi connectivity index (χ1n) is 5.69. The first kappa shape index (κ1) is 12.1. The van der Waals surface area contributed by atoms with E-state index in [4.69, 9.17) is 9.84 Å². The molecular formula is C11H16N2O4. The van der Waals surface area contributed by atoms with Crippen LogP contribution >= 0.6 is 0 Å². The molecular weight excluding hydrogens is 224 g/mol. The van der Waals surface area contributed by atoms with E-state index < -0.39 is 11.9 Å². The van der Waals surface area contributed by atoms with E-state index in [1.54, 1.807) is 12.2 Å². The molecule has 3 unspecified atom stereocenters. The third-order valence-electron chi connectivity index (χ3n) is 2.97. The minimum Gasteiger partial charge on any atom is -0.481 e. The third kappa shape index (κ3) is 3.04. The Morgan fingerprint density at radius 2 is 2.24 bits per heavy atom. The van der Waals surface area contributed by atoms with Gasteiger partial charge in [0.15, 0.2) is 0 Å². The molecule has 0 saturated carbocycles. The minimum atomic E-state index is -0.850. The van der Waals surface area contributed by atoms with Crippen LogP contribution in [0.1, 0.15) is 6.42 Å². The molecule has 2 rings (SSSR count). The van der Waals surface area contributed by atoms with Crippen LogP contribution in [-0.2, 0) is 14.3 Å². The summed E-state index contributed by atoms with van der Waals surface area (Å²) in [5.41, 5.74) is 0. The van der Waals surface area contributed by atoms with Crippen LogP contribution < -0.4 is 10.6 Å². The van der Waals surface area contributed by atoms with E-state index >= 15 is 0 Å². The summed E-state index contributed by atoms with van der Waals surface area (Å²) in [6, 6.07) is -0.520. The molecule has 1 heterocycles. The van der Waals surface area contributed by atoms with Gasteiger partial charge in [0.05, 0.1) is 19.1 Å². The predicted molar refractivity (Wildman–Crippen MR) is 59.4 cm³/mol. The van der Waals surface area contributed by atoms with Crippen molar-refractivity contribution in [2.24, 2.45) is 5.92 Å². The fourth-order valence-electron chi connectivity index (χ4n) is 2.01. The molecule has 1 saturated heterocycles. The smallest absolute Gasteiger partial charge is 0.310 e. The number of carboxylic acids is 1. The van der Waals surface area contributed by atoms with Crippen molar-refractivity contribution in [1.29, 1.82) is 0 Å². The van der Waals surface area contributed by atoms with Crippen LogP contribution in [0.25, 0.3) is 0 Å². The molecule has 0 spiro atoms. The van der Waals surface area contributed by atoms with Crippen molar-refractivity contribution in [3.63, 3.8) is 0 Å².